The molecule has 1 fully saturated rings. The maximum Gasteiger partial charge on any atom is 0.191 e. The largest absolute Gasteiger partial charge is 0.379 e. The van der Waals surface area contributed by atoms with Crippen molar-refractivity contribution in [1.82, 2.24) is 9.78 Å². The molecule has 3 rings (SSSR count). The summed E-state index contributed by atoms with van der Waals surface area (Å²) in [5, 5.41) is 4.25. The summed E-state index contributed by atoms with van der Waals surface area (Å²) in [5.74, 6) is -0.0242. The van der Waals surface area contributed by atoms with E-state index in [2.05, 4.69) is 5.10 Å². The molecule has 0 saturated carbocycles. The third kappa shape index (κ3) is 1.95. The molecule has 1 aromatic heterocycles. The van der Waals surface area contributed by atoms with Crippen LogP contribution in [0.5, 0.6) is 0 Å². The maximum absolute atomic E-state index is 12.8. The summed E-state index contributed by atoms with van der Waals surface area (Å²) in [6.07, 6.45) is 1.63. The summed E-state index contributed by atoms with van der Waals surface area (Å²) in [6, 6.07) is 11.0. The van der Waals surface area contributed by atoms with Crippen molar-refractivity contribution >= 4 is 5.78 Å². The summed E-state index contributed by atoms with van der Waals surface area (Å²) in [4.78, 5) is 12.8. The van der Waals surface area contributed by atoms with Crippen molar-refractivity contribution in [3.63, 3.8) is 0 Å². The molecule has 0 radical (unpaired) electrons. The summed E-state index contributed by atoms with van der Waals surface area (Å²) in [7, 11) is 0. The standard InChI is InChI=1S/C15H17N3O2/c1-15(10-20-9-13(15)16)14(19)12-7-8-17-18(12)11-5-3-2-4-6-11/h2-8,13H,9-10,16H2,1H3. The minimum atomic E-state index is -0.688. The van der Waals surface area contributed by atoms with E-state index in [-0.39, 0.29) is 11.8 Å². The van der Waals surface area contributed by atoms with Gasteiger partial charge in [0, 0.05) is 6.04 Å². The van der Waals surface area contributed by atoms with Gasteiger partial charge in [-0.15, -0.1) is 0 Å². The lowest BCUT2D eigenvalue weighted by Gasteiger charge is -2.25. The number of benzene rings is 1. The highest BCUT2D eigenvalue weighted by atomic mass is 16.5. The summed E-state index contributed by atoms with van der Waals surface area (Å²) in [5.41, 5.74) is 6.75. The van der Waals surface area contributed by atoms with Gasteiger partial charge in [-0.3, -0.25) is 4.79 Å². The highest BCUT2D eigenvalue weighted by molar-refractivity contribution is 6.00. The average Bonchev–Trinajstić information content (AvgIpc) is 3.08. The molecule has 0 bridgehead atoms. The van der Waals surface area contributed by atoms with Crippen molar-refractivity contribution in [2.45, 2.75) is 13.0 Å². The Morgan fingerprint density at radius 2 is 2.15 bits per heavy atom. The van der Waals surface area contributed by atoms with Gasteiger partial charge in [-0.1, -0.05) is 18.2 Å². The fraction of sp³-hybridized carbons (Fsp3) is 0.333. The van der Waals surface area contributed by atoms with Crippen LogP contribution in [0.15, 0.2) is 42.6 Å². The number of para-hydroxylation sites is 1. The van der Waals surface area contributed by atoms with Crippen LogP contribution in [0.4, 0.5) is 0 Å². The zero-order valence-electron chi connectivity index (χ0n) is 11.3. The number of ether oxygens (including phenoxy) is 1. The second-order valence-electron chi connectivity index (χ2n) is 5.33. The van der Waals surface area contributed by atoms with Gasteiger partial charge >= 0.3 is 0 Å². The van der Waals surface area contributed by atoms with E-state index >= 15 is 0 Å². The van der Waals surface area contributed by atoms with Gasteiger partial charge in [0.1, 0.15) is 5.69 Å². The van der Waals surface area contributed by atoms with Gasteiger partial charge in [0.05, 0.1) is 30.5 Å². The Labute approximate surface area is 117 Å². The molecule has 1 aliphatic heterocycles. The van der Waals surface area contributed by atoms with E-state index in [0.29, 0.717) is 18.9 Å². The van der Waals surface area contributed by atoms with Crippen molar-refractivity contribution < 1.29 is 9.53 Å². The first-order chi connectivity index (χ1) is 9.63. The lowest BCUT2D eigenvalue weighted by Crippen LogP contribution is -2.45. The number of hydrogen-bond acceptors (Lipinski definition) is 4. The SMILES string of the molecule is CC1(C(=O)c2ccnn2-c2ccccc2)COCC1N. The maximum atomic E-state index is 12.8. The zero-order chi connectivity index (χ0) is 14.2. The molecule has 1 aromatic carbocycles. The molecule has 5 heteroatoms. The van der Waals surface area contributed by atoms with Gasteiger partial charge in [-0.2, -0.15) is 5.10 Å². The number of carbonyl (C=O) groups excluding carboxylic acids is 1. The van der Waals surface area contributed by atoms with Crippen molar-refractivity contribution in [1.29, 1.82) is 0 Å². The van der Waals surface area contributed by atoms with E-state index < -0.39 is 5.41 Å². The number of rotatable bonds is 3. The van der Waals surface area contributed by atoms with Gasteiger partial charge in [-0.05, 0) is 25.1 Å². The van der Waals surface area contributed by atoms with E-state index in [0.717, 1.165) is 5.69 Å². The summed E-state index contributed by atoms with van der Waals surface area (Å²) in [6.45, 7) is 2.63. The zero-order valence-corrected chi connectivity index (χ0v) is 11.3. The van der Waals surface area contributed by atoms with Gasteiger partial charge < -0.3 is 10.5 Å². The second kappa shape index (κ2) is 4.85. The highest BCUT2D eigenvalue weighted by Crippen LogP contribution is 2.31. The van der Waals surface area contributed by atoms with Crippen molar-refractivity contribution in [3.05, 3.63) is 48.3 Å². The molecular formula is C15H17N3O2. The fourth-order valence-electron chi connectivity index (χ4n) is 2.47. The number of nitrogens with two attached hydrogens (primary N) is 1. The number of hydrogen-bond donors (Lipinski definition) is 1. The quantitative estimate of drug-likeness (QED) is 0.857. The van der Waals surface area contributed by atoms with Crippen molar-refractivity contribution in [2.24, 2.45) is 11.1 Å². The predicted molar refractivity (Wildman–Crippen MR) is 74.8 cm³/mol. The lowest BCUT2D eigenvalue weighted by molar-refractivity contribution is 0.0759. The molecule has 104 valence electrons. The summed E-state index contributed by atoms with van der Waals surface area (Å²) >= 11 is 0. The molecule has 0 amide bonds. The van der Waals surface area contributed by atoms with E-state index in [1.807, 2.05) is 37.3 Å². The third-order valence-electron chi connectivity index (χ3n) is 3.91. The molecule has 0 aliphatic carbocycles. The van der Waals surface area contributed by atoms with Crippen LogP contribution in [0.2, 0.25) is 0 Å². The number of aromatic nitrogens is 2. The Morgan fingerprint density at radius 3 is 2.80 bits per heavy atom. The van der Waals surface area contributed by atoms with Crippen LogP contribution < -0.4 is 5.73 Å². The Balaban J connectivity index is 2.00. The van der Waals surface area contributed by atoms with E-state index in [4.69, 9.17) is 10.5 Å². The molecule has 1 saturated heterocycles. The molecule has 2 N–H and O–H groups in total. The molecule has 2 aromatic rings. The first kappa shape index (κ1) is 13.0. The molecular weight excluding hydrogens is 254 g/mol. The topological polar surface area (TPSA) is 70.1 Å². The van der Waals surface area contributed by atoms with E-state index in [1.54, 1.807) is 16.9 Å². The van der Waals surface area contributed by atoms with E-state index in [9.17, 15) is 4.79 Å². The number of nitrogens with zero attached hydrogens (tertiary/aromatic N) is 2. The lowest BCUT2D eigenvalue weighted by atomic mass is 9.80. The van der Waals surface area contributed by atoms with Crippen LogP contribution in [-0.4, -0.2) is 34.8 Å². The molecule has 0 spiro atoms. The minimum absolute atomic E-state index is 0.0242. The second-order valence-corrected chi connectivity index (χ2v) is 5.33. The van der Waals surface area contributed by atoms with Crippen LogP contribution in [0.25, 0.3) is 5.69 Å². The first-order valence-corrected chi connectivity index (χ1v) is 6.60. The van der Waals surface area contributed by atoms with Crippen LogP contribution in [0.1, 0.15) is 17.4 Å². The number of ketones is 1. The Hall–Kier alpha value is -1.98. The van der Waals surface area contributed by atoms with E-state index in [1.165, 1.54) is 0 Å². The predicted octanol–water partition coefficient (Wildman–Crippen LogP) is 1.42. The van der Waals surface area contributed by atoms with Gasteiger partial charge in [0.15, 0.2) is 5.78 Å². The van der Waals surface area contributed by atoms with Gasteiger partial charge in [-0.25, -0.2) is 4.68 Å². The molecule has 2 unspecified atom stereocenters. The van der Waals surface area contributed by atoms with Crippen molar-refractivity contribution in [3.8, 4) is 5.69 Å². The average molecular weight is 271 g/mol. The normalized spacial score (nSPS) is 25.8. The minimum Gasteiger partial charge on any atom is -0.379 e. The van der Waals surface area contributed by atoms with Crippen LogP contribution in [0, 0.1) is 5.41 Å². The van der Waals surface area contributed by atoms with Gasteiger partial charge in [0.2, 0.25) is 0 Å². The Bertz CT molecular complexity index is 623. The van der Waals surface area contributed by atoms with Gasteiger partial charge in [0.25, 0.3) is 0 Å². The third-order valence-corrected chi connectivity index (χ3v) is 3.91. The smallest absolute Gasteiger partial charge is 0.191 e. The Morgan fingerprint density at radius 1 is 1.40 bits per heavy atom. The Kier molecular flexibility index (Phi) is 3.16. The monoisotopic (exact) mass is 271 g/mol. The van der Waals surface area contributed by atoms with Crippen LogP contribution in [0.3, 0.4) is 0 Å². The highest BCUT2D eigenvalue weighted by Gasteiger charge is 2.45. The number of carbonyl (C=O) groups is 1. The number of Topliss-reactive ketones (excluding diaryl/α,β-unsaturated/α-hetero) is 1. The fourth-order valence-corrected chi connectivity index (χ4v) is 2.47. The molecule has 5 nitrogen and oxygen atoms in total. The van der Waals surface area contributed by atoms with Crippen molar-refractivity contribution in [2.75, 3.05) is 13.2 Å². The molecule has 1 aliphatic rings. The van der Waals surface area contributed by atoms with Crippen LogP contribution in [-0.2, 0) is 4.74 Å². The molecule has 2 heterocycles. The summed E-state index contributed by atoms with van der Waals surface area (Å²) < 4.78 is 7.01. The molecule has 20 heavy (non-hydrogen) atoms. The first-order valence-electron chi connectivity index (χ1n) is 6.60. The van der Waals surface area contributed by atoms with Crippen LogP contribution >= 0.6 is 0 Å². The molecule has 2 atom stereocenters.